The third-order valence-corrected chi connectivity index (χ3v) is 4.43. The predicted octanol–water partition coefficient (Wildman–Crippen LogP) is 5.49. The van der Waals surface area contributed by atoms with Gasteiger partial charge in [0.2, 0.25) is 0 Å². The molecule has 0 saturated heterocycles. The van der Waals surface area contributed by atoms with Crippen LogP contribution in [0.2, 0.25) is 0 Å². The number of benzene rings is 2. The van der Waals surface area contributed by atoms with Crippen LogP contribution in [0, 0.1) is 0 Å². The quantitative estimate of drug-likeness (QED) is 0.772. The highest BCUT2D eigenvalue weighted by atomic mass is 16.5. The van der Waals surface area contributed by atoms with Crippen molar-refractivity contribution >= 4 is 5.97 Å². The van der Waals surface area contributed by atoms with Crippen LogP contribution in [0.25, 0.3) is 0 Å². The molecule has 0 aliphatic rings. The van der Waals surface area contributed by atoms with E-state index in [4.69, 9.17) is 9.84 Å². The number of carbonyl (C=O) groups is 1. The summed E-state index contributed by atoms with van der Waals surface area (Å²) in [4.78, 5) is 10.8. The summed E-state index contributed by atoms with van der Waals surface area (Å²) < 4.78 is 6.12. The number of aliphatic carboxylic acids is 1. The molecule has 0 aliphatic carbocycles. The molecule has 2 rings (SSSR count). The van der Waals surface area contributed by atoms with Gasteiger partial charge in [-0.1, -0.05) is 77.9 Å². The van der Waals surface area contributed by atoms with Gasteiger partial charge in [-0.3, -0.25) is 4.79 Å². The third kappa shape index (κ3) is 5.35. The van der Waals surface area contributed by atoms with Gasteiger partial charge in [-0.05, 0) is 39.2 Å². The largest absolute Gasteiger partial charge is 0.489 e. The second-order valence-electron chi connectivity index (χ2n) is 8.89. The molecule has 0 radical (unpaired) electrons. The van der Waals surface area contributed by atoms with Crippen LogP contribution in [0.1, 0.15) is 63.8 Å². The Bertz CT molecular complexity index is 760. The van der Waals surface area contributed by atoms with Gasteiger partial charge in [0.15, 0.2) is 0 Å². The maximum absolute atomic E-state index is 10.8. The number of hydrogen-bond acceptors (Lipinski definition) is 2. The van der Waals surface area contributed by atoms with Gasteiger partial charge < -0.3 is 9.84 Å². The van der Waals surface area contributed by atoms with Gasteiger partial charge in [-0.15, -0.1) is 0 Å². The van der Waals surface area contributed by atoms with E-state index in [0.717, 1.165) is 16.9 Å². The lowest BCUT2D eigenvalue weighted by Crippen LogP contribution is -2.17. The molecule has 140 valence electrons. The molecule has 0 fully saturated rings. The first-order chi connectivity index (χ1) is 12.0. The molecule has 3 nitrogen and oxygen atoms in total. The molecule has 0 aromatic heterocycles. The van der Waals surface area contributed by atoms with E-state index in [-0.39, 0.29) is 17.3 Å². The minimum Gasteiger partial charge on any atom is -0.489 e. The number of carboxylic acids is 1. The molecular weight excluding hydrogens is 324 g/mol. The second kappa shape index (κ2) is 7.53. The Kier molecular flexibility index (Phi) is 5.80. The van der Waals surface area contributed by atoms with Gasteiger partial charge in [-0.25, -0.2) is 0 Å². The van der Waals surface area contributed by atoms with Crippen LogP contribution in [0.5, 0.6) is 5.75 Å². The van der Waals surface area contributed by atoms with Crippen molar-refractivity contribution in [2.75, 3.05) is 0 Å². The Morgan fingerprint density at radius 3 is 1.96 bits per heavy atom. The maximum atomic E-state index is 10.8. The van der Waals surface area contributed by atoms with E-state index in [1.807, 2.05) is 24.3 Å². The molecule has 0 amide bonds. The fraction of sp³-hybridized carbons (Fsp3) is 0.435. The summed E-state index contributed by atoms with van der Waals surface area (Å²) in [6.45, 7) is 13.7. The van der Waals surface area contributed by atoms with Crippen LogP contribution in [0.4, 0.5) is 0 Å². The summed E-state index contributed by atoms with van der Waals surface area (Å²) in [6.07, 6.45) is 0.0452. The van der Waals surface area contributed by atoms with Crippen LogP contribution in [0.15, 0.2) is 42.5 Å². The number of carboxylic acid groups (broad SMARTS) is 1. The van der Waals surface area contributed by atoms with Gasteiger partial charge in [0.05, 0.1) is 6.42 Å². The van der Waals surface area contributed by atoms with Gasteiger partial charge in [0.25, 0.3) is 0 Å². The molecule has 0 spiro atoms. The van der Waals surface area contributed by atoms with E-state index in [1.54, 1.807) is 0 Å². The highest BCUT2D eigenvalue weighted by molar-refractivity contribution is 5.70. The Hall–Kier alpha value is -2.29. The fourth-order valence-electron chi connectivity index (χ4n) is 2.80. The molecular formula is C23H30O3. The fourth-order valence-corrected chi connectivity index (χ4v) is 2.80. The van der Waals surface area contributed by atoms with Crippen molar-refractivity contribution in [3.63, 3.8) is 0 Å². The minimum absolute atomic E-state index is 0.0120. The molecule has 2 aromatic rings. The van der Waals surface area contributed by atoms with Crippen molar-refractivity contribution < 1.29 is 14.6 Å². The lowest BCUT2D eigenvalue weighted by Gasteiger charge is -2.27. The highest BCUT2D eigenvalue weighted by Crippen LogP contribution is 2.35. The Balaban J connectivity index is 2.19. The average Bonchev–Trinajstić information content (AvgIpc) is 2.51. The molecule has 0 unspecified atom stereocenters. The van der Waals surface area contributed by atoms with Crippen molar-refractivity contribution in [1.29, 1.82) is 0 Å². The Morgan fingerprint density at radius 1 is 0.885 bits per heavy atom. The van der Waals surface area contributed by atoms with Gasteiger partial charge in [0.1, 0.15) is 12.4 Å². The topological polar surface area (TPSA) is 46.5 Å². The zero-order valence-electron chi connectivity index (χ0n) is 16.7. The lowest BCUT2D eigenvalue weighted by atomic mass is 9.80. The summed E-state index contributed by atoms with van der Waals surface area (Å²) >= 11 is 0. The van der Waals surface area contributed by atoms with Gasteiger partial charge >= 0.3 is 5.97 Å². The number of hydrogen-bond donors (Lipinski definition) is 1. The van der Waals surface area contributed by atoms with Crippen molar-refractivity contribution in [2.45, 2.75) is 65.4 Å². The molecule has 0 atom stereocenters. The Morgan fingerprint density at radius 2 is 1.46 bits per heavy atom. The normalized spacial score (nSPS) is 12.1. The smallest absolute Gasteiger partial charge is 0.307 e. The number of ether oxygens (including phenoxy) is 1. The van der Waals surface area contributed by atoms with Crippen LogP contribution >= 0.6 is 0 Å². The van der Waals surface area contributed by atoms with Crippen molar-refractivity contribution in [3.8, 4) is 5.75 Å². The molecule has 0 heterocycles. The van der Waals surface area contributed by atoms with Crippen LogP contribution in [-0.2, 0) is 28.7 Å². The van der Waals surface area contributed by atoms with Crippen molar-refractivity contribution in [1.82, 2.24) is 0 Å². The second-order valence-corrected chi connectivity index (χ2v) is 8.89. The predicted molar refractivity (Wildman–Crippen MR) is 106 cm³/mol. The maximum Gasteiger partial charge on any atom is 0.307 e. The zero-order valence-corrected chi connectivity index (χ0v) is 16.7. The van der Waals surface area contributed by atoms with E-state index >= 15 is 0 Å². The van der Waals surface area contributed by atoms with Crippen molar-refractivity contribution in [3.05, 3.63) is 64.7 Å². The van der Waals surface area contributed by atoms with Crippen LogP contribution in [-0.4, -0.2) is 11.1 Å². The molecule has 3 heteroatoms. The lowest BCUT2D eigenvalue weighted by molar-refractivity contribution is -0.136. The zero-order chi connectivity index (χ0) is 19.5. The van der Waals surface area contributed by atoms with Gasteiger partial charge in [0, 0.05) is 0 Å². The van der Waals surface area contributed by atoms with Crippen molar-refractivity contribution in [2.24, 2.45) is 0 Å². The van der Waals surface area contributed by atoms with Gasteiger partial charge in [-0.2, -0.15) is 0 Å². The Labute approximate surface area is 157 Å². The summed E-state index contributed by atoms with van der Waals surface area (Å²) in [7, 11) is 0. The van der Waals surface area contributed by atoms with E-state index < -0.39 is 5.97 Å². The van der Waals surface area contributed by atoms with Crippen LogP contribution < -0.4 is 4.74 Å². The highest BCUT2D eigenvalue weighted by Gasteiger charge is 2.23. The first-order valence-electron chi connectivity index (χ1n) is 9.04. The molecule has 0 saturated carbocycles. The molecule has 1 N–H and O–H groups in total. The summed E-state index contributed by atoms with van der Waals surface area (Å²) in [5.41, 5.74) is 4.41. The first-order valence-corrected chi connectivity index (χ1v) is 9.04. The standard InChI is InChI=1S/C23H30O3/c1-22(2,3)18-11-12-20(19(14-18)23(4,5)6)26-15-17-9-7-16(8-10-17)13-21(24)25/h7-12,14H,13,15H2,1-6H3,(H,24,25). The number of rotatable bonds is 5. The molecule has 0 aliphatic heterocycles. The van der Waals surface area contributed by atoms with Crippen LogP contribution in [0.3, 0.4) is 0 Å². The molecule has 26 heavy (non-hydrogen) atoms. The average molecular weight is 354 g/mol. The SMILES string of the molecule is CC(C)(C)c1ccc(OCc2ccc(CC(=O)O)cc2)c(C(C)(C)C)c1. The molecule has 0 bridgehead atoms. The molecule has 2 aromatic carbocycles. The van der Waals surface area contributed by atoms with E-state index in [2.05, 4.69) is 59.7 Å². The summed E-state index contributed by atoms with van der Waals surface area (Å²) in [5.74, 6) is 0.0860. The third-order valence-electron chi connectivity index (χ3n) is 4.43. The minimum atomic E-state index is -0.817. The van der Waals surface area contributed by atoms with E-state index in [0.29, 0.717) is 6.61 Å². The summed E-state index contributed by atoms with van der Waals surface area (Å²) in [6, 6.07) is 14.0. The summed E-state index contributed by atoms with van der Waals surface area (Å²) in [5, 5.41) is 8.85. The van der Waals surface area contributed by atoms with E-state index in [9.17, 15) is 4.79 Å². The first kappa shape index (κ1) is 20.0. The van der Waals surface area contributed by atoms with E-state index in [1.165, 1.54) is 11.1 Å². The monoisotopic (exact) mass is 354 g/mol.